The van der Waals surface area contributed by atoms with Crippen molar-refractivity contribution in [1.29, 1.82) is 0 Å². The molecular weight excluding hydrogens is 524 g/mol. The van der Waals surface area contributed by atoms with E-state index in [4.69, 9.17) is 32.0 Å². The van der Waals surface area contributed by atoms with Crippen LogP contribution in [0.5, 0.6) is 5.75 Å². The number of carbonyl (C=O) groups is 1. The quantitative estimate of drug-likeness (QED) is 0.262. The van der Waals surface area contributed by atoms with Crippen LogP contribution in [0.25, 0.3) is 22.3 Å². The number of benzene rings is 1. The largest absolute Gasteiger partial charge is 0.490 e. The number of Topliss-reactive ketones (excluding diaryl/α,β-unsaturated/α-hetero) is 1. The topological polar surface area (TPSA) is 98.6 Å². The van der Waals surface area contributed by atoms with Crippen LogP contribution in [0.4, 0.5) is 5.69 Å². The number of ketones is 1. The molecule has 8 nitrogen and oxygen atoms in total. The lowest BCUT2D eigenvalue weighted by Crippen LogP contribution is -2.48. The van der Waals surface area contributed by atoms with Crippen molar-refractivity contribution >= 4 is 34.3 Å². The molecule has 208 valence electrons. The molecule has 1 fully saturated rings. The first-order valence-corrected chi connectivity index (χ1v) is 13.9. The van der Waals surface area contributed by atoms with Gasteiger partial charge in [0.1, 0.15) is 17.4 Å². The Kier molecular flexibility index (Phi) is 7.31. The van der Waals surface area contributed by atoms with E-state index < -0.39 is 0 Å². The molecule has 0 bridgehead atoms. The first-order valence-electron chi connectivity index (χ1n) is 13.5. The molecule has 1 aliphatic heterocycles. The fourth-order valence-electron chi connectivity index (χ4n) is 5.34. The SMILES string of the molecule is C=C(c1ccc(-c2c(N)c(Cl)cc([C@H](C)c3nc(C)c4c(C)nccn34)c2OC(C)C)cn1)N1CC(C(C)=O)C1. The van der Waals surface area contributed by atoms with Crippen LogP contribution < -0.4 is 10.5 Å². The molecule has 0 spiro atoms. The number of anilines is 1. The van der Waals surface area contributed by atoms with Crippen molar-refractivity contribution in [3.63, 3.8) is 0 Å². The summed E-state index contributed by atoms with van der Waals surface area (Å²) in [4.78, 5) is 27.8. The molecule has 2 N–H and O–H groups in total. The molecule has 0 unspecified atom stereocenters. The predicted octanol–water partition coefficient (Wildman–Crippen LogP) is 6.07. The number of nitrogen functional groups attached to an aromatic ring is 1. The first kappa shape index (κ1) is 27.6. The molecule has 4 aromatic rings. The number of fused-ring (bicyclic) bond motifs is 1. The molecule has 3 aromatic heterocycles. The number of nitrogens with zero attached hydrogens (tertiary/aromatic N) is 5. The minimum absolute atomic E-state index is 0.0644. The van der Waals surface area contributed by atoms with E-state index in [2.05, 4.69) is 27.8 Å². The Morgan fingerprint density at radius 2 is 1.90 bits per heavy atom. The second-order valence-corrected chi connectivity index (χ2v) is 11.2. The van der Waals surface area contributed by atoms with Crippen molar-refractivity contribution in [2.45, 2.75) is 53.6 Å². The third-order valence-corrected chi connectivity index (χ3v) is 7.94. The maximum Gasteiger partial charge on any atom is 0.136 e. The number of carbonyl (C=O) groups excluding carboxylic acids is 1. The Labute approximate surface area is 239 Å². The van der Waals surface area contributed by atoms with Gasteiger partial charge in [-0.1, -0.05) is 31.2 Å². The van der Waals surface area contributed by atoms with Gasteiger partial charge in [-0.25, -0.2) is 4.98 Å². The number of likely N-dealkylation sites (tertiary alicyclic amines) is 1. The minimum atomic E-state index is -0.166. The summed E-state index contributed by atoms with van der Waals surface area (Å²) in [6.45, 7) is 17.2. The molecule has 0 saturated carbocycles. The molecule has 1 atom stereocenters. The summed E-state index contributed by atoms with van der Waals surface area (Å²) in [6.07, 6.45) is 5.39. The van der Waals surface area contributed by atoms with Crippen LogP contribution in [0.3, 0.4) is 0 Å². The van der Waals surface area contributed by atoms with Gasteiger partial charge in [0.05, 0.1) is 56.6 Å². The van der Waals surface area contributed by atoms with Crippen LogP contribution in [-0.2, 0) is 4.79 Å². The monoisotopic (exact) mass is 558 g/mol. The van der Waals surface area contributed by atoms with Crippen LogP contribution in [-0.4, -0.2) is 49.2 Å². The number of nitrogens with two attached hydrogens (primary N) is 1. The standard InChI is InChI=1S/C31H35ClN6O2/c1-16(2)40-30-24(17(3)31-36-19(5)29-18(4)34-10-11-38(29)31)12-25(32)28(33)27(30)22-8-9-26(35-13-22)20(6)37-14-23(15-37)21(7)39/h8-13,16-17,23H,6,14-15,33H2,1-5,7H3/t17-/m0/s1. The molecule has 40 heavy (non-hydrogen) atoms. The van der Waals surface area contributed by atoms with E-state index in [-0.39, 0.29) is 23.7 Å². The van der Waals surface area contributed by atoms with E-state index in [1.54, 1.807) is 19.3 Å². The molecule has 0 aliphatic carbocycles. The van der Waals surface area contributed by atoms with Gasteiger partial charge in [-0.05, 0) is 46.8 Å². The summed E-state index contributed by atoms with van der Waals surface area (Å²) in [5.74, 6) is 1.62. The van der Waals surface area contributed by atoms with Gasteiger partial charge in [0.2, 0.25) is 0 Å². The van der Waals surface area contributed by atoms with Crippen molar-refractivity contribution in [1.82, 2.24) is 24.3 Å². The molecular formula is C31H35ClN6O2. The summed E-state index contributed by atoms with van der Waals surface area (Å²) in [6, 6.07) is 5.76. The number of pyridine rings is 1. The van der Waals surface area contributed by atoms with Crippen molar-refractivity contribution in [2.75, 3.05) is 18.8 Å². The van der Waals surface area contributed by atoms with Crippen molar-refractivity contribution in [3.05, 3.63) is 76.9 Å². The Morgan fingerprint density at radius 3 is 2.52 bits per heavy atom. The van der Waals surface area contributed by atoms with Crippen LogP contribution in [0.2, 0.25) is 5.02 Å². The van der Waals surface area contributed by atoms with Gasteiger partial charge < -0.3 is 15.4 Å². The van der Waals surface area contributed by atoms with Crippen LogP contribution in [0.15, 0.2) is 43.4 Å². The maximum absolute atomic E-state index is 11.6. The summed E-state index contributed by atoms with van der Waals surface area (Å²) in [5, 5.41) is 0.438. The third kappa shape index (κ3) is 4.81. The van der Waals surface area contributed by atoms with Gasteiger partial charge >= 0.3 is 0 Å². The van der Waals surface area contributed by atoms with Gasteiger partial charge in [0.15, 0.2) is 0 Å². The average molecular weight is 559 g/mol. The van der Waals surface area contributed by atoms with Crippen LogP contribution in [0, 0.1) is 19.8 Å². The summed E-state index contributed by atoms with van der Waals surface area (Å²) in [7, 11) is 0. The van der Waals surface area contributed by atoms with Crippen molar-refractivity contribution < 1.29 is 9.53 Å². The number of rotatable bonds is 8. The Morgan fingerprint density at radius 1 is 1.18 bits per heavy atom. The number of hydrogen-bond donors (Lipinski definition) is 1. The molecule has 1 aromatic carbocycles. The highest BCUT2D eigenvalue weighted by molar-refractivity contribution is 6.34. The Bertz CT molecular complexity index is 1620. The Balaban J connectivity index is 1.57. The smallest absolute Gasteiger partial charge is 0.136 e. The highest BCUT2D eigenvalue weighted by Gasteiger charge is 2.32. The van der Waals surface area contributed by atoms with E-state index >= 15 is 0 Å². The fraction of sp³-hybridized carbons (Fsp3) is 0.355. The van der Waals surface area contributed by atoms with Gasteiger partial charge in [-0.2, -0.15) is 0 Å². The Hall–Kier alpha value is -3.91. The highest BCUT2D eigenvalue weighted by Crippen LogP contribution is 2.46. The molecule has 5 rings (SSSR count). The van der Waals surface area contributed by atoms with Crippen LogP contribution >= 0.6 is 11.6 Å². The van der Waals surface area contributed by atoms with Crippen LogP contribution in [0.1, 0.15) is 62.1 Å². The van der Waals surface area contributed by atoms with E-state index in [9.17, 15) is 4.79 Å². The van der Waals surface area contributed by atoms with Gasteiger partial charge in [0, 0.05) is 48.7 Å². The summed E-state index contributed by atoms with van der Waals surface area (Å²) < 4.78 is 8.54. The average Bonchev–Trinajstić information content (AvgIpc) is 3.22. The first-order chi connectivity index (χ1) is 19.0. The number of aryl methyl sites for hydroxylation is 2. The lowest BCUT2D eigenvalue weighted by molar-refractivity contribution is -0.124. The molecule has 0 radical (unpaired) electrons. The van der Waals surface area contributed by atoms with E-state index in [0.717, 1.165) is 45.2 Å². The lowest BCUT2D eigenvalue weighted by Gasteiger charge is -2.40. The molecule has 9 heteroatoms. The molecule has 1 aliphatic rings. The lowest BCUT2D eigenvalue weighted by atomic mass is 9.92. The normalized spacial score (nSPS) is 14.4. The number of halogens is 1. The molecule has 4 heterocycles. The van der Waals surface area contributed by atoms with E-state index in [1.165, 1.54) is 0 Å². The summed E-state index contributed by atoms with van der Waals surface area (Å²) in [5.41, 5.74) is 13.8. The molecule has 1 saturated heterocycles. The minimum Gasteiger partial charge on any atom is -0.490 e. The maximum atomic E-state index is 11.6. The zero-order valence-corrected chi connectivity index (χ0v) is 24.6. The van der Waals surface area contributed by atoms with Gasteiger partial charge in [0.25, 0.3) is 0 Å². The second-order valence-electron chi connectivity index (χ2n) is 10.8. The fourth-order valence-corrected chi connectivity index (χ4v) is 5.55. The van der Waals surface area contributed by atoms with E-state index in [0.29, 0.717) is 35.1 Å². The molecule has 0 amide bonds. The number of hydrogen-bond acceptors (Lipinski definition) is 7. The van der Waals surface area contributed by atoms with Crippen molar-refractivity contribution in [3.8, 4) is 16.9 Å². The number of ether oxygens (including phenoxy) is 1. The number of aromatic nitrogens is 4. The summed E-state index contributed by atoms with van der Waals surface area (Å²) >= 11 is 6.76. The zero-order chi connectivity index (χ0) is 28.9. The van der Waals surface area contributed by atoms with Gasteiger partial charge in [-0.3, -0.25) is 19.2 Å². The van der Waals surface area contributed by atoms with Gasteiger partial charge in [-0.15, -0.1) is 0 Å². The predicted molar refractivity (Wildman–Crippen MR) is 160 cm³/mol. The second kappa shape index (κ2) is 10.6. The number of imidazole rings is 1. The highest BCUT2D eigenvalue weighted by atomic mass is 35.5. The van der Waals surface area contributed by atoms with Crippen molar-refractivity contribution in [2.24, 2.45) is 5.92 Å². The third-order valence-electron chi connectivity index (χ3n) is 7.63. The van der Waals surface area contributed by atoms with E-state index in [1.807, 2.05) is 52.1 Å². The zero-order valence-electron chi connectivity index (χ0n) is 23.8.